The Kier molecular flexibility index (Phi) is 7.75. The Bertz CT molecular complexity index is 1540. The predicted molar refractivity (Wildman–Crippen MR) is 139 cm³/mol. The maximum atomic E-state index is 14.1. The number of methoxy groups -OCH3 is 1. The molecule has 0 radical (unpaired) electrons. The minimum atomic E-state index is -0.833. The van der Waals surface area contributed by atoms with E-state index in [0.29, 0.717) is 11.1 Å². The summed E-state index contributed by atoms with van der Waals surface area (Å²) < 4.78 is 24.3. The lowest BCUT2D eigenvalue weighted by Gasteiger charge is -2.17. The van der Waals surface area contributed by atoms with E-state index in [0.717, 1.165) is 23.4 Å². The molecule has 1 atom stereocenters. The zero-order valence-electron chi connectivity index (χ0n) is 20.7. The molecule has 4 N–H and O–H groups in total. The molecule has 3 aromatic carbocycles. The zero-order valence-corrected chi connectivity index (χ0v) is 20.7. The summed E-state index contributed by atoms with van der Waals surface area (Å²) >= 11 is 0. The van der Waals surface area contributed by atoms with Gasteiger partial charge in [0.2, 0.25) is 5.76 Å². The maximum Gasteiger partial charge on any atom is 0.311 e. The van der Waals surface area contributed by atoms with Crippen LogP contribution in [0.5, 0.6) is 11.5 Å². The quantitative estimate of drug-likeness (QED) is 0.183. The van der Waals surface area contributed by atoms with Gasteiger partial charge < -0.3 is 19.6 Å². The van der Waals surface area contributed by atoms with E-state index in [1.54, 1.807) is 42.5 Å². The van der Waals surface area contributed by atoms with Crippen molar-refractivity contribution in [3.63, 3.8) is 0 Å². The topological polar surface area (TPSA) is 156 Å². The molecule has 1 aromatic heterocycles. The molecule has 4 rings (SSSR count). The number of phenolic OH excluding ortho intramolecular Hbond substituents is 1. The van der Waals surface area contributed by atoms with Crippen molar-refractivity contribution in [3.8, 4) is 22.6 Å². The van der Waals surface area contributed by atoms with Crippen molar-refractivity contribution in [1.82, 2.24) is 10.9 Å². The van der Waals surface area contributed by atoms with E-state index in [2.05, 4.69) is 16.2 Å². The second-order valence-electron chi connectivity index (χ2n) is 8.37. The Labute approximate surface area is 221 Å². The van der Waals surface area contributed by atoms with Crippen molar-refractivity contribution in [2.75, 3.05) is 12.4 Å². The second kappa shape index (κ2) is 11.3. The van der Waals surface area contributed by atoms with Crippen molar-refractivity contribution in [1.29, 1.82) is 0 Å². The van der Waals surface area contributed by atoms with Crippen molar-refractivity contribution in [2.24, 2.45) is 0 Å². The summed E-state index contributed by atoms with van der Waals surface area (Å²) in [5, 5.41) is 23.8. The lowest BCUT2D eigenvalue weighted by atomic mass is 10.0. The molecule has 0 bridgehead atoms. The fourth-order valence-corrected chi connectivity index (χ4v) is 3.80. The van der Waals surface area contributed by atoms with E-state index >= 15 is 0 Å². The SMILES string of the molecule is COc1ccc(C(C)Nc2ccc(-c3ccoc3C(=O)NNC(=O)c3ccc(O)c([N+](=O)[O-])c3)cc2)cc1F. The summed E-state index contributed by atoms with van der Waals surface area (Å²) in [6.07, 6.45) is 1.32. The van der Waals surface area contributed by atoms with Gasteiger partial charge in [-0.3, -0.25) is 30.6 Å². The Morgan fingerprint density at radius 2 is 1.74 bits per heavy atom. The first-order chi connectivity index (χ1) is 18.7. The van der Waals surface area contributed by atoms with Gasteiger partial charge in [0.05, 0.1) is 18.3 Å². The average molecular weight is 535 g/mol. The number of benzene rings is 3. The van der Waals surface area contributed by atoms with Crippen molar-refractivity contribution < 1.29 is 33.2 Å². The molecule has 0 saturated heterocycles. The van der Waals surface area contributed by atoms with E-state index in [1.165, 1.54) is 25.5 Å². The summed E-state index contributed by atoms with van der Waals surface area (Å²) in [5.74, 6) is -2.54. The number of hydrogen-bond donors (Lipinski definition) is 4. The predicted octanol–water partition coefficient (Wildman–Crippen LogP) is 4.96. The fourth-order valence-electron chi connectivity index (χ4n) is 3.80. The summed E-state index contributed by atoms with van der Waals surface area (Å²) in [5.41, 5.74) is 6.18. The number of nitro groups is 1. The van der Waals surface area contributed by atoms with Gasteiger partial charge in [0.25, 0.3) is 5.91 Å². The Morgan fingerprint density at radius 1 is 1.03 bits per heavy atom. The molecule has 0 aliphatic rings. The van der Waals surface area contributed by atoms with Crippen LogP contribution in [0.3, 0.4) is 0 Å². The molecule has 0 spiro atoms. The number of hydrogen-bond acceptors (Lipinski definition) is 8. The first-order valence-electron chi connectivity index (χ1n) is 11.5. The zero-order chi connectivity index (χ0) is 28.1. The van der Waals surface area contributed by atoms with Gasteiger partial charge in [0.1, 0.15) is 0 Å². The smallest absolute Gasteiger partial charge is 0.311 e. The molecule has 11 nitrogen and oxygen atoms in total. The highest BCUT2D eigenvalue weighted by Crippen LogP contribution is 2.29. The summed E-state index contributed by atoms with van der Waals surface area (Å²) in [6.45, 7) is 1.89. The molecule has 1 heterocycles. The number of hydrazine groups is 1. The normalized spacial score (nSPS) is 11.4. The van der Waals surface area contributed by atoms with Gasteiger partial charge in [0.15, 0.2) is 17.3 Å². The number of ether oxygens (including phenoxy) is 1. The lowest BCUT2D eigenvalue weighted by Crippen LogP contribution is -2.41. The first-order valence-corrected chi connectivity index (χ1v) is 11.5. The number of nitrogens with one attached hydrogen (secondary N) is 3. The number of carbonyl (C=O) groups excluding carboxylic acids is 2. The number of carbonyl (C=O) groups is 2. The number of halogens is 1. The Hall–Kier alpha value is -5.39. The molecule has 200 valence electrons. The molecule has 39 heavy (non-hydrogen) atoms. The Morgan fingerprint density at radius 3 is 2.41 bits per heavy atom. The van der Waals surface area contributed by atoms with E-state index in [-0.39, 0.29) is 23.1 Å². The fraction of sp³-hybridized carbons (Fsp3) is 0.111. The monoisotopic (exact) mass is 534 g/mol. The molecule has 1 unspecified atom stereocenters. The van der Waals surface area contributed by atoms with Crippen molar-refractivity contribution >= 4 is 23.2 Å². The number of aromatic hydroxyl groups is 1. The molecule has 0 saturated carbocycles. The van der Waals surface area contributed by atoms with Crippen LogP contribution in [0.25, 0.3) is 11.1 Å². The number of amides is 2. The van der Waals surface area contributed by atoms with Gasteiger partial charge >= 0.3 is 11.6 Å². The van der Waals surface area contributed by atoms with Crippen LogP contribution in [0.4, 0.5) is 15.8 Å². The van der Waals surface area contributed by atoms with Gasteiger partial charge in [0, 0.05) is 28.9 Å². The maximum absolute atomic E-state index is 14.1. The number of nitro benzene ring substituents is 1. The molecule has 0 fully saturated rings. The number of furan rings is 1. The number of phenols is 1. The van der Waals surface area contributed by atoms with Crippen molar-refractivity contribution in [3.05, 3.63) is 106 Å². The van der Waals surface area contributed by atoms with Crippen LogP contribution in [-0.2, 0) is 0 Å². The first kappa shape index (κ1) is 26.7. The van der Waals surface area contributed by atoms with Crippen molar-refractivity contribution in [2.45, 2.75) is 13.0 Å². The Balaban J connectivity index is 1.41. The lowest BCUT2D eigenvalue weighted by molar-refractivity contribution is -0.385. The van der Waals surface area contributed by atoms with Gasteiger partial charge in [-0.25, -0.2) is 4.39 Å². The summed E-state index contributed by atoms with van der Waals surface area (Å²) in [7, 11) is 1.40. The van der Waals surface area contributed by atoms with Gasteiger partial charge in [-0.2, -0.15) is 0 Å². The highest BCUT2D eigenvalue weighted by Gasteiger charge is 2.20. The third-order valence-corrected chi connectivity index (χ3v) is 5.85. The minimum Gasteiger partial charge on any atom is -0.502 e. The molecule has 0 aliphatic heterocycles. The van der Waals surface area contributed by atoms with Crippen LogP contribution in [0, 0.1) is 15.9 Å². The summed E-state index contributed by atoms with van der Waals surface area (Å²) in [4.78, 5) is 35.2. The second-order valence-corrected chi connectivity index (χ2v) is 8.37. The van der Waals surface area contributed by atoms with Crippen LogP contribution in [0.1, 0.15) is 39.4 Å². The third kappa shape index (κ3) is 5.96. The number of nitrogens with zero attached hydrogens (tertiary/aromatic N) is 1. The highest BCUT2D eigenvalue weighted by molar-refractivity contribution is 6.01. The van der Waals surface area contributed by atoms with Crippen LogP contribution >= 0.6 is 0 Å². The van der Waals surface area contributed by atoms with E-state index < -0.39 is 34.0 Å². The number of anilines is 1. The van der Waals surface area contributed by atoms with Gasteiger partial charge in [-0.1, -0.05) is 18.2 Å². The molecular weight excluding hydrogens is 511 g/mol. The molecule has 0 aliphatic carbocycles. The van der Waals surface area contributed by atoms with Crippen LogP contribution in [0.15, 0.2) is 77.4 Å². The molecule has 2 amide bonds. The third-order valence-electron chi connectivity index (χ3n) is 5.85. The van der Waals surface area contributed by atoms with Gasteiger partial charge in [-0.15, -0.1) is 0 Å². The van der Waals surface area contributed by atoms with Crippen LogP contribution in [0.2, 0.25) is 0 Å². The van der Waals surface area contributed by atoms with Crippen LogP contribution < -0.4 is 20.9 Å². The minimum absolute atomic E-state index is 0.0743. The highest BCUT2D eigenvalue weighted by atomic mass is 19.1. The van der Waals surface area contributed by atoms with E-state index in [1.807, 2.05) is 6.92 Å². The van der Waals surface area contributed by atoms with E-state index in [4.69, 9.17) is 9.15 Å². The standard InChI is InChI=1S/C27H23FN4O7/c1-15(17-6-10-24(38-2)21(28)13-17)29-19-7-3-16(4-8-19)20-11-12-39-25(20)27(35)31-30-26(34)18-5-9-23(33)22(14-18)32(36)37/h3-15,29,33H,1-2H3,(H,30,34)(H,31,35). The van der Waals surface area contributed by atoms with Gasteiger partial charge in [-0.05, 0) is 60.5 Å². The molecule has 12 heteroatoms. The number of rotatable bonds is 8. The molecule has 4 aromatic rings. The van der Waals surface area contributed by atoms with Crippen LogP contribution in [-0.4, -0.2) is 29.0 Å². The molecular formula is C27H23FN4O7. The van der Waals surface area contributed by atoms with E-state index in [9.17, 15) is 29.2 Å². The average Bonchev–Trinajstić information content (AvgIpc) is 3.42. The summed E-state index contributed by atoms with van der Waals surface area (Å²) in [6, 6.07) is 16.3. The largest absolute Gasteiger partial charge is 0.502 e.